The molecule has 0 aromatic heterocycles. The van der Waals surface area contributed by atoms with Gasteiger partial charge in [-0.2, -0.15) is 0 Å². The quantitative estimate of drug-likeness (QED) is 0.398. The zero-order valence-corrected chi connectivity index (χ0v) is 13.0. The van der Waals surface area contributed by atoms with E-state index in [9.17, 15) is 18.5 Å². The van der Waals surface area contributed by atoms with Crippen molar-refractivity contribution in [2.24, 2.45) is 11.3 Å². The summed E-state index contributed by atoms with van der Waals surface area (Å²) in [6.07, 6.45) is 0.784. The summed E-state index contributed by atoms with van der Waals surface area (Å²) >= 11 is 0. The molecule has 0 saturated carbocycles. The first-order valence-electron chi connectivity index (χ1n) is 6.37. The van der Waals surface area contributed by atoms with Crippen LogP contribution in [0.15, 0.2) is 23.1 Å². The molecule has 1 aromatic carbocycles. The molecule has 0 radical (unpaired) electrons. The molecule has 0 heterocycles. The van der Waals surface area contributed by atoms with Crippen molar-refractivity contribution in [1.82, 2.24) is 4.72 Å². The zero-order valence-electron chi connectivity index (χ0n) is 12.2. The van der Waals surface area contributed by atoms with Crippen molar-refractivity contribution in [3.8, 4) is 0 Å². The van der Waals surface area contributed by atoms with Crippen LogP contribution in [0, 0.1) is 15.5 Å². The monoisotopic (exact) mass is 316 g/mol. The molecule has 0 unspecified atom stereocenters. The Balaban J connectivity index is 3.17. The first-order valence-corrected chi connectivity index (χ1v) is 7.86. The van der Waals surface area contributed by atoms with Gasteiger partial charge < -0.3 is 5.43 Å². The Morgan fingerprint density at radius 1 is 1.38 bits per heavy atom. The second-order valence-electron chi connectivity index (χ2n) is 5.42. The van der Waals surface area contributed by atoms with E-state index in [1.54, 1.807) is 0 Å². The Morgan fingerprint density at radius 3 is 2.48 bits per heavy atom. The van der Waals surface area contributed by atoms with Crippen molar-refractivity contribution in [3.05, 3.63) is 28.3 Å². The van der Waals surface area contributed by atoms with Crippen LogP contribution in [-0.2, 0) is 10.0 Å². The van der Waals surface area contributed by atoms with Crippen LogP contribution in [0.3, 0.4) is 0 Å². The maximum absolute atomic E-state index is 12.3. The molecule has 4 N–H and O–H groups in total. The minimum absolute atomic E-state index is 0.0994. The molecular formula is C12H20N4O4S. The van der Waals surface area contributed by atoms with Crippen molar-refractivity contribution in [2.45, 2.75) is 32.1 Å². The molecule has 8 nitrogen and oxygen atoms in total. The third kappa shape index (κ3) is 4.38. The minimum Gasteiger partial charge on any atom is -0.323 e. The van der Waals surface area contributed by atoms with Crippen LogP contribution >= 0.6 is 0 Å². The molecule has 0 aliphatic carbocycles. The number of hydrazine groups is 1. The Labute approximate surface area is 123 Å². The van der Waals surface area contributed by atoms with Crippen molar-refractivity contribution >= 4 is 21.4 Å². The van der Waals surface area contributed by atoms with E-state index in [4.69, 9.17) is 5.84 Å². The summed E-state index contributed by atoms with van der Waals surface area (Å²) in [5, 5.41) is 10.8. The second kappa shape index (κ2) is 6.37. The average Bonchev–Trinajstić information content (AvgIpc) is 2.44. The SMILES string of the molecule is CCC(C)(C)CNS(=O)(=O)c1cc([N+](=O)[O-])ccc1NN. The van der Waals surface area contributed by atoms with Crippen molar-refractivity contribution in [1.29, 1.82) is 0 Å². The van der Waals surface area contributed by atoms with E-state index in [0.29, 0.717) is 0 Å². The van der Waals surface area contributed by atoms with E-state index in [0.717, 1.165) is 12.5 Å². The molecule has 118 valence electrons. The lowest BCUT2D eigenvalue weighted by molar-refractivity contribution is -0.385. The van der Waals surface area contributed by atoms with Gasteiger partial charge in [-0.3, -0.25) is 16.0 Å². The number of nitrogens with one attached hydrogen (secondary N) is 2. The van der Waals surface area contributed by atoms with Gasteiger partial charge in [-0.25, -0.2) is 13.1 Å². The smallest absolute Gasteiger partial charge is 0.270 e. The minimum atomic E-state index is -3.90. The van der Waals surface area contributed by atoms with Crippen LogP contribution in [-0.4, -0.2) is 19.9 Å². The average molecular weight is 316 g/mol. The molecule has 0 atom stereocenters. The summed E-state index contributed by atoms with van der Waals surface area (Å²) in [7, 11) is -3.90. The maximum atomic E-state index is 12.3. The number of hydrogen-bond donors (Lipinski definition) is 3. The van der Waals surface area contributed by atoms with Crippen molar-refractivity contribution in [3.63, 3.8) is 0 Å². The number of hydrogen-bond acceptors (Lipinski definition) is 6. The molecule has 0 bridgehead atoms. The summed E-state index contributed by atoms with van der Waals surface area (Å²) in [5.74, 6) is 5.27. The molecular weight excluding hydrogens is 296 g/mol. The molecule has 0 aliphatic rings. The van der Waals surface area contributed by atoms with Crippen LogP contribution in [0.1, 0.15) is 27.2 Å². The third-order valence-electron chi connectivity index (χ3n) is 3.32. The largest absolute Gasteiger partial charge is 0.323 e. The number of sulfonamides is 1. The highest BCUT2D eigenvalue weighted by atomic mass is 32.2. The molecule has 0 saturated heterocycles. The van der Waals surface area contributed by atoms with Gasteiger partial charge in [-0.1, -0.05) is 20.8 Å². The number of non-ortho nitro benzene ring substituents is 1. The molecule has 1 aromatic rings. The first-order chi connectivity index (χ1) is 9.63. The normalized spacial score (nSPS) is 12.2. The Kier molecular flexibility index (Phi) is 5.26. The molecule has 0 aliphatic heterocycles. The Morgan fingerprint density at radius 2 is 2.00 bits per heavy atom. The zero-order chi connectivity index (χ0) is 16.3. The van der Waals surface area contributed by atoms with Gasteiger partial charge in [0.1, 0.15) is 4.90 Å². The summed E-state index contributed by atoms with van der Waals surface area (Å²) < 4.78 is 27.1. The highest BCUT2D eigenvalue weighted by Gasteiger charge is 2.25. The lowest BCUT2D eigenvalue weighted by atomic mass is 9.91. The van der Waals surface area contributed by atoms with Crippen LogP contribution in [0.2, 0.25) is 0 Å². The number of anilines is 1. The van der Waals surface area contributed by atoms with Gasteiger partial charge in [0.15, 0.2) is 0 Å². The van der Waals surface area contributed by atoms with Gasteiger partial charge in [-0.05, 0) is 17.9 Å². The molecule has 21 heavy (non-hydrogen) atoms. The Bertz CT molecular complexity index is 628. The fourth-order valence-electron chi connectivity index (χ4n) is 1.46. The van der Waals surface area contributed by atoms with E-state index in [1.807, 2.05) is 20.8 Å². The van der Waals surface area contributed by atoms with Crippen molar-refractivity contribution < 1.29 is 13.3 Å². The highest BCUT2D eigenvalue weighted by molar-refractivity contribution is 7.89. The van der Waals surface area contributed by atoms with Crippen LogP contribution < -0.4 is 16.0 Å². The maximum Gasteiger partial charge on any atom is 0.270 e. The summed E-state index contributed by atoms with van der Waals surface area (Å²) in [5.41, 5.74) is 1.80. The fraction of sp³-hybridized carbons (Fsp3) is 0.500. The lowest BCUT2D eigenvalue weighted by Crippen LogP contribution is -2.34. The van der Waals surface area contributed by atoms with E-state index in [2.05, 4.69) is 10.1 Å². The van der Waals surface area contributed by atoms with Gasteiger partial charge in [-0.15, -0.1) is 0 Å². The Hall–Kier alpha value is -1.71. The summed E-state index contributed by atoms with van der Waals surface area (Å²) in [6.45, 7) is 6.02. The number of nitrogen functional groups attached to an aromatic ring is 1. The number of nitrogens with zero attached hydrogens (tertiary/aromatic N) is 1. The molecule has 0 amide bonds. The van der Waals surface area contributed by atoms with E-state index < -0.39 is 14.9 Å². The number of benzene rings is 1. The third-order valence-corrected chi connectivity index (χ3v) is 4.76. The predicted octanol–water partition coefficient (Wildman–Crippen LogP) is 1.59. The van der Waals surface area contributed by atoms with Gasteiger partial charge in [0.25, 0.3) is 5.69 Å². The van der Waals surface area contributed by atoms with Gasteiger partial charge in [0, 0.05) is 18.7 Å². The summed E-state index contributed by atoms with van der Waals surface area (Å²) in [6, 6.07) is 3.43. The molecule has 0 fully saturated rings. The van der Waals surface area contributed by atoms with Gasteiger partial charge in [0.2, 0.25) is 10.0 Å². The van der Waals surface area contributed by atoms with Gasteiger partial charge >= 0.3 is 0 Å². The van der Waals surface area contributed by atoms with Crippen molar-refractivity contribution in [2.75, 3.05) is 12.0 Å². The second-order valence-corrected chi connectivity index (χ2v) is 7.16. The molecule has 1 rings (SSSR count). The number of rotatable bonds is 7. The van der Waals surface area contributed by atoms with E-state index in [-0.39, 0.29) is 28.2 Å². The van der Waals surface area contributed by atoms with E-state index >= 15 is 0 Å². The predicted molar refractivity (Wildman–Crippen MR) is 80.2 cm³/mol. The fourth-order valence-corrected chi connectivity index (χ4v) is 2.89. The molecule has 0 spiro atoms. The van der Waals surface area contributed by atoms with Crippen LogP contribution in [0.25, 0.3) is 0 Å². The van der Waals surface area contributed by atoms with E-state index in [1.165, 1.54) is 12.1 Å². The standard InChI is InChI=1S/C12H20N4O4S/c1-4-12(2,3)8-14-21(19,20)11-7-9(16(17)18)5-6-10(11)15-13/h5-7,14-15H,4,8,13H2,1-3H3. The lowest BCUT2D eigenvalue weighted by Gasteiger charge is -2.23. The number of nitro groups is 1. The van der Waals surface area contributed by atoms with Crippen LogP contribution in [0.5, 0.6) is 0 Å². The summed E-state index contributed by atoms with van der Waals surface area (Å²) in [4.78, 5) is 9.88. The first kappa shape index (κ1) is 17.3. The molecule has 9 heteroatoms. The highest BCUT2D eigenvalue weighted by Crippen LogP contribution is 2.26. The number of nitro benzene ring substituents is 1. The van der Waals surface area contributed by atoms with Gasteiger partial charge in [0.05, 0.1) is 10.6 Å². The van der Waals surface area contributed by atoms with Crippen LogP contribution in [0.4, 0.5) is 11.4 Å². The number of nitrogens with two attached hydrogens (primary N) is 1. The topological polar surface area (TPSA) is 127 Å².